The third-order valence-electron chi connectivity index (χ3n) is 1.91. The molecule has 0 unspecified atom stereocenters. The van der Waals surface area contributed by atoms with Gasteiger partial charge in [-0.05, 0) is 24.3 Å². The highest BCUT2D eigenvalue weighted by atomic mass is 19.1. The lowest BCUT2D eigenvalue weighted by atomic mass is 10.3. The summed E-state index contributed by atoms with van der Waals surface area (Å²) in [6.45, 7) is 0. The van der Waals surface area contributed by atoms with Crippen molar-refractivity contribution in [3.63, 3.8) is 0 Å². The number of pyridine rings is 1. The fraction of sp³-hybridized carbons (Fsp3) is 0. The second kappa shape index (κ2) is 4.14. The summed E-state index contributed by atoms with van der Waals surface area (Å²) in [7, 11) is 0. The molecule has 2 rings (SSSR count). The van der Waals surface area contributed by atoms with Crippen molar-refractivity contribution < 1.29 is 13.5 Å². The van der Waals surface area contributed by atoms with Crippen LogP contribution in [0.1, 0.15) is 0 Å². The van der Waals surface area contributed by atoms with Gasteiger partial charge < -0.3 is 10.5 Å². The predicted molar refractivity (Wildman–Crippen MR) is 55.1 cm³/mol. The van der Waals surface area contributed by atoms with Crippen molar-refractivity contribution in [1.29, 1.82) is 0 Å². The Bertz CT molecular complexity index is 480. The van der Waals surface area contributed by atoms with Gasteiger partial charge in [0.05, 0.1) is 12.4 Å². The van der Waals surface area contributed by atoms with Crippen LogP contribution < -0.4 is 10.5 Å². The van der Waals surface area contributed by atoms with Gasteiger partial charge in [0.15, 0.2) is 11.6 Å². The van der Waals surface area contributed by atoms with Gasteiger partial charge in [-0.1, -0.05) is 0 Å². The van der Waals surface area contributed by atoms with E-state index in [4.69, 9.17) is 10.5 Å². The molecule has 0 fully saturated rings. The number of halogens is 2. The van der Waals surface area contributed by atoms with Crippen molar-refractivity contribution in [3.8, 4) is 11.5 Å². The van der Waals surface area contributed by atoms with Crippen LogP contribution in [0.15, 0.2) is 36.7 Å². The van der Waals surface area contributed by atoms with E-state index in [9.17, 15) is 8.78 Å². The van der Waals surface area contributed by atoms with E-state index in [1.54, 1.807) is 12.1 Å². The molecule has 0 spiro atoms. The van der Waals surface area contributed by atoms with Gasteiger partial charge in [0, 0.05) is 5.69 Å². The lowest BCUT2D eigenvalue weighted by Gasteiger charge is -2.07. The number of hydrogen-bond acceptors (Lipinski definition) is 3. The third kappa shape index (κ3) is 2.08. The van der Waals surface area contributed by atoms with E-state index in [-0.39, 0.29) is 0 Å². The molecule has 0 saturated heterocycles. The molecule has 0 saturated carbocycles. The SMILES string of the molecule is Nc1ccc(Oc2c(F)cncc2F)cc1. The Balaban J connectivity index is 2.30. The fourth-order valence-corrected chi connectivity index (χ4v) is 1.15. The van der Waals surface area contributed by atoms with Gasteiger partial charge in [-0.25, -0.2) is 8.78 Å². The number of nitrogens with two attached hydrogens (primary N) is 1. The number of benzene rings is 1. The topological polar surface area (TPSA) is 48.1 Å². The fourth-order valence-electron chi connectivity index (χ4n) is 1.15. The highest BCUT2D eigenvalue weighted by Gasteiger charge is 2.11. The zero-order valence-corrected chi connectivity index (χ0v) is 8.15. The smallest absolute Gasteiger partial charge is 0.201 e. The van der Waals surface area contributed by atoms with Gasteiger partial charge in [-0.15, -0.1) is 0 Å². The minimum atomic E-state index is -0.850. The second-order valence-electron chi connectivity index (χ2n) is 3.10. The van der Waals surface area contributed by atoms with Crippen molar-refractivity contribution in [1.82, 2.24) is 4.98 Å². The van der Waals surface area contributed by atoms with Gasteiger partial charge in [-0.2, -0.15) is 0 Å². The van der Waals surface area contributed by atoms with Gasteiger partial charge in [0.1, 0.15) is 5.75 Å². The molecule has 1 heterocycles. The molecule has 3 nitrogen and oxygen atoms in total. The van der Waals surface area contributed by atoms with Crippen LogP contribution in [-0.2, 0) is 0 Å². The third-order valence-corrected chi connectivity index (χ3v) is 1.91. The van der Waals surface area contributed by atoms with Crippen LogP contribution in [0.2, 0.25) is 0 Å². The number of hydrogen-bond donors (Lipinski definition) is 1. The highest BCUT2D eigenvalue weighted by molar-refractivity contribution is 5.43. The molecule has 2 aromatic rings. The molecule has 16 heavy (non-hydrogen) atoms. The molecule has 0 bridgehead atoms. The Kier molecular flexibility index (Phi) is 2.68. The molecule has 5 heteroatoms. The molecule has 0 radical (unpaired) electrons. The van der Waals surface area contributed by atoms with Crippen LogP contribution in [0.5, 0.6) is 11.5 Å². The predicted octanol–water partition coefficient (Wildman–Crippen LogP) is 2.73. The molecule has 0 atom stereocenters. The summed E-state index contributed by atoms with van der Waals surface area (Å²) >= 11 is 0. The first-order valence-electron chi connectivity index (χ1n) is 4.49. The summed E-state index contributed by atoms with van der Waals surface area (Å²) in [5.74, 6) is -1.87. The van der Waals surface area contributed by atoms with E-state index in [0.29, 0.717) is 11.4 Å². The Morgan fingerprint density at radius 2 is 1.56 bits per heavy atom. The Morgan fingerprint density at radius 3 is 2.12 bits per heavy atom. The first kappa shape index (κ1) is 10.4. The highest BCUT2D eigenvalue weighted by Crippen LogP contribution is 2.26. The average molecular weight is 222 g/mol. The largest absolute Gasteiger partial charge is 0.451 e. The summed E-state index contributed by atoms with van der Waals surface area (Å²) in [4.78, 5) is 3.35. The van der Waals surface area contributed by atoms with E-state index >= 15 is 0 Å². The quantitative estimate of drug-likeness (QED) is 0.795. The molecule has 1 aromatic carbocycles. The molecule has 82 valence electrons. The van der Waals surface area contributed by atoms with Crippen LogP contribution in [-0.4, -0.2) is 4.98 Å². The minimum absolute atomic E-state index is 0.304. The van der Waals surface area contributed by atoms with Crippen molar-refractivity contribution in [2.24, 2.45) is 0 Å². The summed E-state index contributed by atoms with van der Waals surface area (Å²) in [5, 5.41) is 0. The van der Waals surface area contributed by atoms with Crippen LogP contribution in [0.3, 0.4) is 0 Å². The molecule has 0 aliphatic carbocycles. The minimum Gasteiger partial charge on any atom is -0.451 e. The first-order chi connectivity index (χ1) is 7.66. The number of anilines is 1. The van der Waals surface area contributed by atoms with E-state index in [1.807, 2.05) is 0 Å². The number of aromatic nitrogens is 1. The van der Waals surface area contributed by atoms with E-state index < -0.39 is 17.4 Å². The molecule has 0 aliphatic rings. The average Bonchev–Trinajstić information content (AvgIpc) is 2.26. The van der Waals surface area contributed by atoms with Crippen molar-refractivity contribution in [2.75, 3.05) is 5.73 Å². The van der Waals surface area contributed by atoms with Crippen LogP contribution in [0.4, 0.5) is 14.5 Å². The zero-order valence-electron chi connectivity index (χ0n) is 8.15. The van der Waals surface area contributed by atoms with Gasteiger partial charge in [0.2, 0.25) is 5.75 Å². The van der Waals surface area contributed by atoms with Crippen LogP contribution >= 0.6 is 0 Å². The van der Waals surface area contributed by atoms with Crippen molar-refractivity contribution in [2.45, 2.75) is 0 Å². The maximum absolute atomic E-state index is 13.2. The molecule has 1 aromatic heterocycles. The van der Waals surface area contributed by atoms with Crippen molar-refractivity contribution >= 4 is 5.69 Å². The first-order valence-corrected chi connectivity index (χ1v) is 4.49. The van der Waals surface area contributed by atoms with E-state index in [0.717, 1.165) is 12.4 Å². The van der Waals surface area contributed by atoms with E-state index in [1.165, 1.54) is 12.1 Å². The maximum atomic E-state index is 13.2. The number of ether oxygens (including phenoxy) is 1. The lowest BCUT2D eigenvalue weighted by molar-refractivity contribution is 0.404. The Morgan fingerprint density at radius 1 is 1.00 bits per heavy atom. The summed E-state index contributed by atoms with van der Waals surface area (Å²) < 4.78 is 31.4. The number of rotatable bonds is 2. The number of nitrogens with zero attached hydrogens (tertiary/aromatic N) is 1. The standard InChI is InChI=1S/C11H8F2N2O/c12-9-5-15-6-10(13)11(9)16-8-3-1-7(14)2-4-8/h1-6H,14H2. The number of nitrogen functional groups attached to an aromatic ring is 1. The molecule has 0 amide bonds. The van der Waals surface area contributed by atoms with Gasteiger partial charge in [0.25, 0.3) is 0 Å². The Hall–Kier alpha value is -2.17. The van der Waals surface area contributed by atoms with Crippen molar-refractivity contribution in [3.05, 3.63) is 48.3 Å². The van der Waals surface area contributed by atoms with E-state index in [2.05, 4.69) is 4.98 Å². The monoisotopic (exact) mass is 222 g/mol. The van der Waals surface area contributed by atoms with Crippen LogP contribution in [0.25, 0.3) is 0 Å². The summed E-state index contributed by atoms with van der Waals surface area (Å²) in [6.07, 6.45) is 1.77. The Labute approximate surface area is 90.5 Å². The normalized spacial score (nSPS) is 10.1. The van der Waals surface area contributed by atoms with Gasteiger partial charge in [-0.3, -0.25) is 4.98 Å². The maximum Gasteiger partial charge on any atom is 0.201 e. The lowest BCUT2D eigenvalue weighted by Crippen LogP contribution is -1.94. The van der Waals surface area contributed by atoms with Crippen LogP contribution in [0, 0.1) is 11.6 Å². The second-order valence-corrected chi connectivity index (χ2v) is 3.10. The molecule has 0 aliphatic heterocycles. The zero-order chi connectivity index (χ0) is 11.5. The molecular formula is C11H8F2N2O. The molecule has 2 N–H and O–H groups in total. The molecular weight excluding hydrogens is 214 g/mol. The summed E-state index contributed by atoms with van der Waals surface area (Å²) in [6, 6.07) is 6.20. The van der Waals surface area contributed by atoms with Gasteiger partial charge >= 0.3 is 0 Å². The summed E-state index contributed by atoms with van der Waals surface area (Å²) in [5.41, 5.74) is 6.01.